The van der Waals surface area contributed by atoms with Crippen LogP contribution in [-0.2, 0) is 0 Å². The van der Waals surface area contributed by atoms with Gasteiger partial charge in [-0.3, -0.25) is 14.9 Å². The normalized spacial score (nSPS) is 10.6. The number of nitriles is 1. The average Bonchev–Trinajstić information content (AvgIpc) is 2.97. The van der Waals surface area contributed by atoms with Gasteiger partial charge < -0.3 is 17.2 Å². The van der Waals surface area contributed by atoms with E-state index in [0.29, 0.717) is 5.56 Å². The van der Waals surface area contributed by atoms with Crippen LogP contribution in [0.3, 0.4) is 0 Å². The van der Waals surface area contributed by atoms with Crippen molar-refractivity contribution in [3.63, 3.8) is 0 Å². The standard InChI is InChI=1S/C15H14N8O2/c16-8-10-6-7-11(13(25)20-14(17)18)23(10)22-15(19)21-12(24)9-4-2-1-3-5-9/h1-7H,(H4,17,18,20,25)(H3,19,21,22,24). The highest BCUT2D eigenvalue weighted by Gasteiger charge is 2.16. The Hall–Kier alpha value is -4.13. The highest BCUT2D eigenvalue weighted by Crippen LogP contribution is 2.10. The number of hydrogen-bond acceptors (Lipinski definition) is 4. The Morgan fingerprint density at radius 1 is 1.08 bits per heavy atom. The van der Waals surface area contributed by atoms with Crippen molar-refractivity contribution in [3.05, 3.63) is 59.4 Å². The van der Waals surface area contributed by atoms with Gasteiger partial charge in [0.25, 0.3) is 11.8 Å². The quantitative estimate of drug-likeness (QED) is 0.423. The molecule has 10 heteroatoms. The van der Waals surface area contributed by atoms with Gasteiger partial charge >= 0.3 is 0 Å². The van der Waals surface area contributed by atoms with Crippen LogP contribution < -0.4 is 22.5 Å². The van der Waals surface area contributed by atoms with Gasteiger partial charge in [0.15, 0.2) is 5.96 Å². The molecule has 0 bridgehead atoms. The maximum absolute atomic E-state index is 12.0. The number of rotatable bonds is 3. The second-order valence-electron chi connectivity index (χ2n) is 4.67. The smallest absolute Gasteiger partial charge is 0.298 e. The molecule has 2 rings (SSSR count). The Morgan fingerprint density at radius 2 is 1.76 bits per heavy atom. The Balaban J connectivity index is 2.31. The third kappa shape index (κ3) is 4.20. The molecule has 0 fully saturated rings. The molecule has 2 aromatic rings. The Kier molecular flexibility index (Phi) is 5.12. The fraction of sp³-hybridized carbons (Fsp3) is 0. The molecule has 1 aromatic carbocycles. The number of aliphatic imine (C=N–C) groups is 1. The predicted molar refractivity (Wildman–Crippen MR) is 90.2 cm³/mol. The van der Waals surface area contributed by atoms with Gasteiger partial charge in [0, 0.05) is 5.56 Å². The molecule has 0 saturated heterocycles. The molecule has 0 aliphatic heterocycles. The molecule has 0 radical (unpaired) electrons. The van der Waals surface area contributed by atoms with Crippen LogP contribution in [0.15, 0.2) is 52.6 Å². The summed E-state index contributed by atoms with van der Waals surface area (Å²) in [4.78, 5) is 27.4. The molecule has 1 heterocycles. The Labute approximate surface area is 142 Å². The average molecular weight is 338 g/mol. The zero-order valence-electron chi connectivity index (χ0n) is 12.9. The van der Waals surface area contributed by atoms with Crippen molar-refractivity contribution < 1.29 is 9.59 Å². The van der Waals surface area contributed by atoms with E-state index >= 15 is 0 Å². The number of carbonyl (C=O) groups is 2. The van der Waals surface area contributed by atoms with E-state index in [1.54, 1.807) is 30.3 Å². The zero-order valence-corrected chi connectivity index (χ0v) is 12.9. The van der Waals surface area contributed by atoms with E-state index in [1.165, 1.54) is 12.1 Å². The summed E-state index contributed by atoms with van der Waals surface area (Å²) < 4.78 is 0.940. The number of benzene rings is 1. The van der Waals surface area contributed by atoms with Gasteiger partial charge in [-0.2, -0.15) is 10.3 Å². The first-order valence-corrected chi connectivity index (χ1v) is 6.89. The van der Waals surface area contributed by atoms with E-state index in [0.717, 1.165) is 4.68 Å². The van der Waals surface area contributed by atoms with Crippen LogP contribution in [0.4, 0.5) is 0 Å². The SMILES string of the molecule is N#Cc1ccc(C(=O)N=C(N)N)n1N=C(N)NC(=O)c1ccccc1. The van der Waals surface area contributed by atoms with Gasteiger partial charge in [0.05, 0.1) is 0 Å². The van der Waals surface area contributed by atoms with Crippen molar-refractivity contribution in [2.45, 2.75) is 0 Å². The van der Waals surface area contributed by atoms with Gasteiger partial charge in [0.2, 0.25) is 5.96 Å². The summed E-state index contributed by atoms with van der Waals surface area (Å²) in [6.45, 7) is 0. The number of hydrogen-bond donors (Lipinski definition) is 4. The third-order valence-corrected chi connectivity index (χ3v) is 2.91. The number of aromatic nitrogens is 1. The number of carbonyl (C=O) groups excluding carboxylic acids is 2. The second-order valence-corrected chi connectivity index (χ2v) is 4.67. The van der Waals surface area contributed by atoms with E-state index in [2.05, 4.69) is 15.4 Å². The summed E-state index contributed by atoms with van der Waals surface area (Å²) in [6.07, 6.45) is 0. The number of nitrogens with two attached hydrogens (primary N) is 3. The topological polar surface area (TPSA) is 178 Å². The monoisotopic (exact) mass is 338 g/mol. The van der Waals surface area contributed by atoms with Crippen molar-refractivity contribution in [2.75, 3.05) is 0 Å². The molecule has 0 aliphatic rings. The minimum absolute atomic E-state index is 0.00560. The van der Waals surface area contributed by atoms with Crippen molar-refractivity contribution in [3.8, 4) is 6.07 Å². The Bertz CT molecular complexity index is 901. The molecule has 10 nitrogen and oxygen atoms in total. The maximum atomic E-state index is 12.0. The molecule has 0 saturated carbocycles. The van der Waals surface area contributed by atoms with Crippen LogP contribution in [0.25, 0.3) is 0 Å². The van der Waals surface area contributed by atoms with Crippen LogP contribution in [0.5, 0.6) is 0 Å². The minimum atomic E-state index is -0.813. The first-order chi connectivity index (χ1) is 11.9. The van der Waals surface area contributed by atoms with Crippen molar-refractivity contribution in [1.82, 2.24) is 9.99 Å². The molecular weight excluding hydrogens is 324 g/mol. The van der Waals surface area contributed by atoms with E-state index in [9.17, 15) is 9.59 Å². The molecule has 1 aromatic heterocycles. The lowest BCUT2D eigenvalue weighted by Gasteiger charge is -2.06. The number of nitrogens with zero attached hydrogens (tertiary/aromatic N) is 4. The summed E-state index contributed by atoms with van der Waals surface area (Å²) >= 11 is 0. The molecule has 2 amide bonds. The van der Waals surface area contributed by atoms with E-state index in [-0.39, 0.29) is 17.3 Å². The largest absolute Gasteiger partial charge is 0.370 e. The summed E-state index contributed by atoms with van der Waals surface area (Å²) in [5, 5.41) is 15.3. The zero-order chi connectivity index (χ0) is 18.4. The highest BCUT2D eigenvalue weighted by atomic mass is 16.2. The van der Waals surface area contributed by atoms with Crippen LogP contribution >= 0.6 is 0 Å². The van der Waals surface area contributed by atoms with Crippen LogP contribution in [0.1, 0.15) is 26.5 Å². The predicted octanol–water partition coefficient (Wildman–Crippen LogP) is -0.719. The van der Waals surface area contributed by atoms with Crippen molar-refractivity contribution >= 4 is 23.7 Å². The van der Waals surface area contributed by atoms with Gasteiger partial charge in [-0.15, -0.1) is 5.10 Å². The lowest BCUT2D eigenvalue weighted by atomic mass is 10.2. The number of amides is 2. The molecule has 25 heavy (non-hydrogen) atoms. The Morgan fingerprint density at radius 3 is 2.36 bits per heavy atom. The van der Waals surface area contributed by atoms with Crippen molar-refractivity contribution in [1.29, 1.82) is 5.26 Å². The van der Waals surface area contributed by atoms with E-state index in [4.69, 9.17) is 22.5 Å². The molecule has 0 unspecified atom stereocenters. The molecule has 0 aliphatic carbocycles. The van der Waals surface area contributed by atoms with Gasteiger partial charge in [-0.05, 0) is 24.3 Å². The molecule has 0 spiro atoms. The first-order valence-electron chi connectivity index (χ1n) is 6.89. The molecule has 7 N–H and O–H groups in total. The van der Waals surface area contributed by atoms with Gasteiger partial charge in [-0.25, -0.2) is 4.68 Å². The molecule has 126 valence electrons. The fourth-order valence-electron chi connectivity index (χ4n) is 1.87. The summed E-state index contributed by atoms with van der Waals surface area (Å²) in [6, 6.07) is 12.8. The summed E-state index contributed by atoms with van der Waals surface area (Å²) in [5.41, 5.74) is 16.3. The summed E-state index contributed by atoms with van der Waals surface area (Å²) in [7, 11) is 0. The number of guanidine groups is 2. The second kappa shape index (κ2) is 7.42. The lowest BCUT2D eigenvalue weighted by Crippen LogP contribution is -2.37. The van der Waals surface area contributed by atoms with Crippen molar-refractivity contribution in [2.24, 2.45) is 27.3 Å². The first kappa shape index (κ1) is 17.2. The van der Waals surface area contributed by atoms with Gasteiger partial charge in [-0.1, -0.05) is 18.2 Å². The maximum Gasteiger partial charge on any atom is 0.298 e. The van der Waals surface area contributed by atoms with E-state index in [1.807, 2.05) is 6.07 Å². The number of nitrogens with one attached hydrogen (secondary N) is 1. The highest BCUT2D eigenvalue weighted by molar-refractivity contribution is 6.05. The summed E-state index contributed by atoms with van der Waals surface area (Å²) in [5.74, 6) is -2.07. The molecular formula is C15H14N8O2. The third-order valence-electron chi connectivity index (χ3n) is 2.91. The molecule has 0 atom stereocenters. The van der Waals surface area contributed by atoms with Crippen LogP contribution in [0.2, 0.25) is 0 Å². The van der Waals surface area contributed by atoms with E-state index < -0.39 is 17.8 Å². The van der Waals surface area contributed by atoms with Gasteiger partial charge in [0.1, 0.15) is 17.5 Å². The lowest BCUT2D eigenvalue weighted by molar-refractivity contribution is 0.0974. The van der Waals surface area contributed by atoms with Crippen LogP contribution in [0, 0.1) is 11.3 Å². The van der Waals surface area contributed by atoms with Crippen LogP contribution in [-0.4, -0.2) is 28.4 Å². The fourth-order valence-corrected chi connectivity index (χ4v) is 1.87. The minimum Gasteiger partial charge on any atom is -0.370 e.